The highest BCUT2D eigenvalue weighted by Crippen LogP contribution is 2.13. The fourth-order valence-electron chi connectivity index (χ4n) is 2.29. The van der Waals surface area contributed by atoms with Crippen LogP contribution >= 0.6 is 0 Å². The van der Waals surface area contributed by atoms with Crippen molar-refractivity contribution < 1.29 is 4.79 Å². The molecule has 4 heteroatoms. The first-order valence-corrected chi connectivity index (χ1v) is 7.88. The van der Waals surface area contributed by atoms with E-state index < -0.39 is 0 Å². The highest BCUT2D eigenvalue weighted by molar-refractivity contribution is 5.94. The normalized spacial score (nSPS) is 11.0. The molecular formula is C19H25N3O. The summed E-state index contributed by atoms with van der Waals surface area (Å²) in [5.41, 5.74) is 9.27. The van der Waals surface area contributed by atoms with Crippen molar-refractivity contribution in [1.29, 1.82) is 0 Å². The molecule has 0 saturated heterocycles. The molecule has 0 spiro atoms. The van der Waals surface area contributed by atoms with E-state index in [2.05, 4.69) is 43.2 Å². The fourth-order valence-corrected chi connectivity index (χ4v) is 2.29. The first kappa shape index (κ1) is 17.0. The van der Waals surface area contributed by atoms with E-state index in [4.69, 9.17) is 5.73 Å². The number of hydrogen-bond acceptors (Lipinski definition) is 3. The Morgan fingerprint density at radius 2 is 1.83 bits per heavy atom. The zero-order valence-corrected chi connectivity index (χ0v) is 14.0. The molecule has 0 aromatic heterocycles. The van der Waals surface area contributed by atoms with Crippen molar-refractivity contribution >= 4 is 11.6 Å². The van der Waals surface area contributed by atoms with Gasteiger partial charge < -0.3 is 11.1 Å². The molecule has 2 aromatic carbocycles. The minimum absolute atomic E-state index is 0.107. The van der Waals surface area contributed by atoms with Gasteiger partial charge in [0.05, 0.1) is 0 Å². The molecule has 23 heavy (non-hydrogen) atoms. The van der Waals surface area contributed by atoms with Crippen LogP contribution in [-0.2, 0) is 13.1 Å². The number of benzene rings is 2. The molecule has 1 amide bonds. The van der Waals surface area contributed by atoms with Crippen LogP contribution in [0.3, 0.4) is 0 Å². The van der Waals surface area contributed by atoms with Gasteiger partial charge in [-0.1, -0.05) is 30.3 Å². The monoisotopic (exact) mass is 311 g/mol. The molecule has 0 heterocycles. The third kappa shape index (κ3) is 4.83. The van der Waals surface area contributed by atoms with E-state index >= 15 is 0 Å². The smallest absolute Gasteiger partial charge is 0.251 e. The maximum atomic E-state index is 12.2. The summed E-state index contributed by atoms with van der Waals surface area (Å²) in [6.07, 6.45) is 0. The van der Waals surface area contributed by atoms with Crippen molar-refractivity contribution in [2.45, 2.75) is 33.0 Å². The van der Waals surface area contributed by atoms with E-state index in [9.17, 15) is 4.79 Å². The number of carbonyl (C=O) groups excluding carboxylic acids is 1. The second-order valence-electron chi connectivity index (χ2n) is 6.09. The average Bonchev–Trinajstić information content (AvgIpc) is 2.53. The molecule has 2 rings (SSSR count). The number of amides is 1. The number of nitrogens with two attached hydrogens (primary N) is 1. The molecule has 0 saturated carbocycles. The number of nitrogens with one attached hydrogen (secondary N) is 1. The maximum Gasteiger partial charge on any atom is 0.251 e. The Kier molecular flexibility index (Phi) is 5.77. The van der Waals surface area contributed by atoms with Crippen LogP contribution in [0.1, 0.15) is 35.3 Å². The summed E-state index contributed by atoms with van der Waals surface area (Å²) in [5.74, 6) is -0.107. The Morgan fingerprint density at radius 3 is 2.48 bits per heavy atom. The Bertz CT molecular complexity index is 667. The molecule has 4 nitrogen and oxygen atoms in total. The Balaban J connectivity index is 2.04. The van der Waals surface area contributed by atoms with Gasteiger partial charge in [0, 0.05) is 30.4 Å². The lowest BCUT2D eigenvalue weighted by Crippen LogP contribution is -2.27. The highest BCUT2D eigenvalue weighted by atomic mass is 16.1. The Labute approximate surface area is 138 Å². The second kappa shape index (κ2) is 7.79. The van der Waals surface area contributed by atoms with E-state index in [1.165, 1.54) is 5.56 Å². The molecule has 3 N–H and O–H groups in total. The van der Waals surface area contributed by atoms with Crippen LogP contribution < -0.4 is 11.1 Å². The van der Waals surface area contributed by atoms with Crippen LogP contribution in [0.15, 0.2) is 48.5 Å². The lowest BCUT2D eigenvalue weighted by atomic mass is 10.1. The minimum atomic E-state index is -0.107. The van der Waals surface area contributed by atoms with Gasteiger partial charge in [-0.15, -0.1) is 0 Å². The van der Waals surface area contributed by atoms with Crippen LogP contribution in [0, 0.1) is 0 Å². The van der Waals surface area contributed by atoms with Crippen molar-refractivity contribution in [3.63, 3.8) is 0 Å². The van der Waals surface area contributed by atoms with Gasteiger partial charge in [0.2, 0.25) is 0 Å². The molecule has 0 fully saturated rings. The topological polar surface area (TPSA) is 58.4 Å². The number of carbonyl (C=O) groups is 1. The molecule has 0 atom stereocenters. The lowest BCUT2D eigenvalue weighted by Gasteiger charge is -2.22. The Hall–Kier alpha value is -2.33. The zero-order valence-electron chi connectivity index (χ0n) is 14.0. The van der Waals surface area contributed by atoms with E-state index in [1.54, 1.807) is 24.3 Å². The number of anilines is 1. The van der Waals surface area contributed by atoms with Gasteiger partial charge in [-0.25, -0.2) is 0 Å². The van der Waals surface area contributed by atoms with Crippen LogP contribution in [0.25, 0.3) is 0 Å². The molecule has 122 valence electrons. The molecular weight excluding hydrogens is 286 g/mol. The molecule has 0 unspecified atom stereocenters. The Morgan fingerprint density at radius 1 is 1.13 bits per heavy atom. The predicted molar refractivity (Wildman–Crippen MR) is 95.1 cm³/mol. The summed E-state index contributed by atoms with van der Waals surface area (Å²) in [6, 6.07) is 15.7. The van der Waals surface area contributed by atoms with Crippen molar-refractivity contribution in [2.24, 2.45) is 0 Å². The molecule has 2 aromatic rings. The van der Waals surface area contributed by atoms with Crippen molar-refractivity contribution in [3.8, 4) is 0 Å². The van der Waals surface area contributed by atoms with Crippen LogP contribution in [0.5, 0.6) is 0 Å². The molecule has 0 bridgehead atoms. The number of hydrogen-bond donors (Lipinski definition) is 2. The third-order valence-electron chi connectivity index (χ3n) is 4.01. The van der Waals surface area contributed by atoms with E-state index in [0.717, 1.165) is 12.1 Å². The average molecular weight is 311 g/mol. The lowest BCUT2D eigenvalue weighted by molar-refractivity contribution is 0.0950. The van der Waals surface area contributed by atoms with Gasteiger partial charge >= 0.3 is 0 Å². The summed E-state index contributed by atoms with van der Waals surface area (Å²) in [6.45, 7) is 5.71. The first-order valence-electron chi connectivity index (χ1n) is 7.88. The van der Waals surface area contributed by atoms with Gasteiger partial charge in [0.1, 0.15) is 0 Å². The zero-order chi connectivity index (χ0) is 16.8. The van der Waals surface area contributed by atoms with Crippen LogP contribution in [0.2, 0.25) is 0 Å². The van der Waals surface area contributed by atoms with Gasteiger partial charge in [0.15, 0.2) is 0 Å². The van der Waals surface area contributed by atoms with Gasteiger partial charge in [0.25, 0.3) is 5.91 Å². The van der Waals surface area contributed by atoms with Crippen molar-refractivity contribution in [2.75, 3.05) is 12.8 Å². The SMILES string of the molecule is CC(C)N(C)Cc1ccccc1CNC(=O)c1cccc(N)c1. The summed E-state index contributed by atoms with van der Waals surface area (Å²) >= 11 is 0. The van der Waals surface area contributed by atoms with Gasteiger partial charge in [-0.05, 0) is 50.2 Å². The summed E-state index contributed by atoms with van der Waals surface area (Å²) < 4.78 is 0. The van der Waals surface area contributed by atoms with Gasteiger partial charge in [-0.3, -0.25) is 9.69 Å². The molecule has 0 aliphatic rings. The number of nitrogen functional groups attached to an aromatic ring is 1. The molecule has 0 aliphatic heterocycles. The van der Waals surface area contributed by atoms with Crippen molar-refractivity contribution in [3.05, 3.63) is 65.2 Å². The number of rotatable bonds is 6. The minimum Gasteiger partial charge on any atom is -0.399 e. The summed E-state index contributed by atoms with van der Waals surface area (Å²) in [7, 11) is 2.10. The standard InChI is InChI=1S/C19H25N3O/c1-14(2)22(3)13-17-8-5-4-7-16(17)12-21-19(23)15-9-6-10-18(20)11-15/h4-11,14H,12-13,20H2,1-3H3,(H,21,23). The molecule has 0 aliphatic carbocycles. The van der Waals surface area contributed by atoms with E-state index in [-0.39, 0.29) is 5.91 Å². The van der Waals surface area contributed by atoms with E-state index in [0.29, 0.717) is 23.8 Å². The highest BCUT2D eigenvalue weighted by Gasteiger charge is 2.10. The van der Waals surface area contributed by atoms with E-state index in [1.807, 2.05) is 12.1 Å². The first-order chi connectivity index (χ1) is 11.0. The van der Waals surface area contributed by atoms with Crippen molar-refractivity contribution in [1.82, 2.24) is 10.2 Å². The molecule has 0 radical (unpaired) electrons. The number of nitrogens with zero attached hydrogens (tertiary/aromatic N) is 1. The largest absolute Gasteiger partial charge is 0.399 e. The summed E-state index contributed by atoms with van der Waals surface area (Å²) in [4.78, 5) is 14.5. The van der Waals surface area contributed by atoms with Crippen LogP contribution in [0.4, 0.5) is 5.69 Å². The fraction of sp³-hybridized carbons (Fsp3) is 0.316. The predicted octanol–water partition coefficient (Wildman–Crippen LogP) is 3.04. The van der Waals surface area contributed by atoms with Crippen LogP contribution in [-0.4, -0.2) is 23.9 Å². The quantitative estimate of drug-likeness (QED) is 0.806. The maximum absolute atomic E-state index is 12.2. The summed E-state index contributed by atoms with van der Waals surface area (Å²) in [5, 5.41) is 2.97. The second-order valence-corrected chi connectivity index (χ2v) is 6.09. The van der Waals surface area contributed by atoms with Gasteiger partial charge in [-0.2, -0.15) is 0 Å². The third-order valence-corrected chi connectivity index (χ3v) is 4.01.